The Balaban J connectivity index is 1.55. The monoisotopic (exact) mass is 548 g/mol. The van der Waals surface area contributed by atoms with Gasteiger partial charge in [0.15, 0.2) is 5.96 Å². The standard InChI is InChI=1S/C31H44N6O3/c1-21(2)12-15-27(38)32-16-7-6-11-28(39)36-24-10-8-9-23(20-24)35-26-14-13-22(19-25(26)31(3,4)5)29(40)37-30-33-17-18-34-30/h8-10,13-14,19-21,35H,6-7,11-12,15-18H2,1-5H3,(H,32,38)(H,36,39)(H2,33,34,37,40). The van der Waals surface area contributed by atoms with Crippen molar-refractivity contribution in [3.8, 4) is 0 Å². The van der Waals surface area contributed by atoms with E-state index >= 15 is 0 Å². The third-order valence-electron chi connectivity index (χ3n) is 6.52. The molecule has 1 heterocycles. The number of amides is 3. The van der Waals surface area contributed by atoms with Gasteiger partial charge in [-0.2, -0.15) is 0 Å². The number of aliphatic imine (C=N–C) groups is 1. The Morgan fingerprint density at radius 3 is 2.42 bits per heavy atom. The van der Waals surface area contributed by atoms with Crippen molar-refractivity contribution in [2.45, 2.75) is 72.1 Å². The molecule has 0 fully saturated rings. The molecule has 9 nitrogen and oxygen atoms in total. The molecule has 40 heavy (non-hydrogen) atoms. The minimum Gasteiger partial charge on any atom is -0.356 e. The van der Waals surface area contributed by atoms with Crippen molar-refractivity contribution in [3.63, 3.8) is 0 Å². The largest absolute Gasteiger partial charge is 0.356 e. The molecule has 0 aliphatic carbocycles. The highest BCUT2D eigenvalue weighted by atomic mass is 16.2. The molecular weight excluding hydrogens is 504 g/mol. The molecule has 0 saturated carbocycles. The summed E-state index contributed by atoms with van der Waals surface area (Å²) < 4.78 is 0. The molecule has 1 aliphatic rings. The maximum atomic E-state index is 12.8. The summed E-state index contributed by atoms with van der Waals surface area (Å²) in [6, 6.07) is 13.2. The van der Waals surface area contributed by atoms with E-state index in [1.165, 1.54) is 0 Å². The Bertz CT molecular complexity index is 1220. The lowest BCUT2D eigenvalue weighted by molar-refractivity contribution is -0.121. The molecule has 3 rings (SSSR count). The maximum Gasteiger partial charge on any atom is 0.257 e. The third kappa shape index (κ3) is 10.0. The lowest BCUT2D eigenvalue weighted by Gasteiger charge is -2.24. The van der Waals surface area contributed by atoms with Crippen LogP contribution in [-0.4, -0.2) is 43.3 Å². The Labute approximate surface area is 238 Å². The first-order chi connectivity index (χ1) is 19.0. The average Bonchev–Trinajstić information content (AvgIpc) is 3.40. The summed E-state index contributed by atoms with van der Waals surface area (Å²) in [6.07, 6.45) is 3.28. The summed E-state index contributed by atoms with van der Waals surface area (Å²) in [4.78, 5) is 41.3. The van der Waals surface area contributed by atoms with Gasteiger partial charge in [-0.05, 0) is 72.6 Å². The van der Waals surface area contributed by atoms with E-state index in [1.807, 2.05) is 36.4 Å². The molecule has 0 unspecified atom stereocenters. The lowest BCUT2D eigenvalue weighted by atomic mass is 9.84. The van der Waals surface area contributed by atoms with Crippen LogP contribution >= 0.6 is 0 Å². The molecule has 1 aliphatic heterocycles. The second kappa shape index (κ2) is 14.5. The Kier molecular flexibility index (Phi) is 11.1. The fourth-order valence-corrected chi connectivity index (χ4v) is 4.28. The highest BCUT2D eigenvalue weighted by Gasteiger charge is 2.21. The summed E-state index contributed by atoms with van der Waals surface area (Å²) in [5.74, 6) is 0.829. The molecule has 0 bridgehead atoms. The highest BCUT2D eigenvalue weighted by Crippen LogP contribution is 2.33. The molecule has 2 aromatic carbocycles. The summed E-state index contributed by atoms with van der Waals surface area (Å²) in [5, 5.41) is 15.2. The van der Waals surface area contributed by atoms with Gasteiger partial charge in [0, 0.05) is 48.6 Å². The van der Waals surface area contributed by atoms with E-state index in [2.05, 4.69) is 66.2 Å². The second-order valence-electron chi connectivity index (χ2n) is 11.6. The van der Waals surface area contributed by atoms with Gasteiger partial charge in [-0.15, -0.1) is 0 Å². The van der Waals surface area contributed by atoms with Crippen LogP contribution in [0.25, 0.3) is 0 Å². The topological polar surface area (TPSA) is 124 Å². The van der Waals surface area contributed by atoms with Gasteiger partial charge in [0.1, 0.15) is 0 Å². The van der Waals surface area contributed by atoms with E-state index in [-0.39, 0.29) is 23.1 Å². The van der Waals surface area contributed by atoms with Crippen LogP contribution in [0.2, 0.25) is 0 Å². The van der Waals surface area contributed by atoms with Gasteiger partial charge in [-0.1, -0.05) is 40.7 Å². The predicted octanol–water partition coefficient (Wildman–Crippen LogP) is 5.08. The summed E-state index contributed by atoms with van der Waals surface area (Å²) >= 11 is 0. The van der Waals surface area contributed by atoms with Crippen molar-refractivity contribution in [3.05, 3.63) is 53.6 Å². The first-order valence-electron chi connectivity index (χ1n) is 14.2. The number of hydrogen-bond donors (Lipinski definition) is 5. The molecule has 5 N–H and O–H groups in total. The number of guanidine groups is 1. The Hall–Kier alpha value is -3.88. The minimum atomic E-state index is -0.221. The van der Waals surface area contributed by atoms with Crippen molar-refractivity contribution in [2.75, 3.05) is 30.3 Å². The molecule has 2 aromatic rings. The van der Waals surface area contributed by atoms with E-state index in [0.29, 0.717) is 55.5 Å². The number of benzene rings is 2. The van der Waals surface area contributed by atoms with Crippen LogP contribution in [0.3, 0.4) is 0 Å². The van der Waals surface area contributed by atoms with Crippen molar-refractivity contribution in [2.24, 2.45) is 10.9 Å². The number of unbranched alkanes of at least 4 members (excludes halogenated alkanes) is 1. The van der Waals surface area contributed by atoms with Gasteiger partial charge in [0.25, 0.3) is 5.91 Å². The number of carbonyl (C=O) groups excluding carboxylic acids is 3. The van der Waals surface area contributed by atoms with E-state index in [9.17, 15) is 14.4 Å². The number of nitrogens with one attached hydrogen (secondary N) is 5. The van der Waals surface area contributed by atoms with Crippen LogP contribution in [0.1, 0.15) is 82.6 Å². The van der Waals surface area contributed by atoms with Crippen LogP contribution < -0.4 is 26.6 Å². The number of hydrogen-bond acceptors (Lipinski definition) is 6. The van der Waals surface area contributed by atoms with Gasteiger partial charge in [0.2, 0.25) is 11.8 Å². The second-order valence-corrected chi connectivity index (χ2v) is 11.6. The molecule has 0 aromatic heterocycles. The molecular formula is C31H44N6O3. The summed E-state index contributed by atoms with van der Waals surface area (Å²) in [7, 11) is 0. The fourth-order valence-electron chi connectivity index (χ4n) is 4.28. The summed E-state index contributed by atoms with van der Waals surface area (Å²) in [5.41, 5.74) is 3.75. The molecule has 0 saturated heterocycles. The molecule has 0 atom stereocenters. The van der Waals surface area contributed by atoms with Crippen LogP contribution in [-0.2, 0) is 15.0 Å². The molecule has 3 amide bonds. The van der Waals surface area contributed by atoms with Crippen molar-refractivity contribution in [1.82, 2.24) is 16.0 Å². The summed E-state index contributed by atoms with van der Waals surface area (Å²) in [6.45, 7) is 12.5. The van der Waals surface area contributed by atoms with Gasteiger partial charge >= 0.3 is 0 Å². The zero-order valence-corrected chi connectivity index (χ0v) is 24.4. The SMILES string of the molecule is CC(C)CCC(=O)NCCCCC(=O)Nc1cccc(Nc2ccc(C(=O)NC3=NCCN3)cc2C(C)(C)C)c1. The average molecular weight is 549 g/mol. The third-order valence-corrected chi connectivity index (χ3v) is 6.52. The Morgan fingerprint density at radius 1 is 0.950 bits per heavy atom. The molecule has 0 spiro atoms. The van der Waals surface area contributed by atoms with Crippen LogP contribution in [0, 0.1) is 5.92 Å². The van der Waals surface area contributed by atoms with E-state index < -0.39 is 0 Å². The zero-order valence-electron chi connectivity index (χ0n) is 24.4. The number of carbonyl (C=O) groups is 3. The number of anilines is 3. The van der Waals surface area contributed by atoms with Crippen molar-refractivity contribution in [1.29, 1.82) is 0 Å². The van der Waals surface area contributed by atoms with E-state index in [4.69, 9.17) is 0 Å². The van der Waals surface area contributed by atoms with Gasteiger partial charge in [-0.25, -0.2) is 0 Å². The minimum absolute atomic E-state index is 0.0598. The van der Waals surface area contributed by atoms with Gasteiger partial charge < -0.3 is 21.3 Å². The maximum absolute atomic E-state index is 12.8. The fraction of sp³-hybridized carbons (Fsp3) is 0.484. The molecule has 216 valence electrons. The van der Waals surface area contributed by atoms with Crippen LogP contribution in [0.15, 0.2) is 47.5 Å². The smallest absolute Gasteiger partial charge is 0.257 e. The predicted molar refractivity (Wildman–Crippen MR) is 162 cm³/mol. The normalized spacial score (nSPS) is 12.9. The van der Waals surface area contributed by atoms with Crippen LogP contribution in [0.5, 0.6) is 0 Å². The lowest BCUT2D eigenvalue weighted by Crippen LogP contribution is -2.38. The quantitative estimate of drug-likeness (QED) is 0.237. The Morgan fingerprint density at radius 2 is 1.73 bits per heavy atom. The van der Waals surface area contributed by atoms with E-state index in [1.54, 1.807) is 6.07 Å². The van der Waals surface area contributed by atoms with Crippen molar-refractivity contribution < 1.29 is 14.4 Å². The van der Waals surface area contributed by atoms with Crippen LogP contribution in [0.4, 0.5) is 17.1 Å². The zero-order chi connectivity index (χ0) is 29.1. The van der Waals surface area contributed by atoms with Gasteiger partial charge in [0.05, 0.1) is 6.54 Å². The molecule has 0 radical (unpaired) electrons. The number of rotatable bonds is 12. The molecule has 9 heteroatoms. The first-order valence-corrected chi connectivity index (χ1v) is 14.2. The first kappa shape index (κ1) is 30.7. The van der Waals surface area contributed by atoms with Crippen molar-refractivity contribution >= 4 is 40.7 Å². The highest BCUT2D eigenvalue weighted by molar-refractivity contribution is 6.06. The van der Waals surface area contributed by atoms with E-state index in [0.717, 1.165) is 36.3 Å². The van der Waals surface area contributed by atoms with Gasteiger partial charge in [-0.3, -0.25) is 24.7 Å². The number of nitrogens with zero attached hydrogens (tertiary/aromatic N) is 1.